The fourth-order valence-corrected chi connectivity index (χ4v) is 1.45. The Labute approximate surface area is 139 Å². The van der Waals surface area contributed by atoms with Crippen LogP contribution >= 0.6 is 0 Å². The van der Waals surface area contributed by atoms with Crippen LogP contribution in [0.5, 0.6) is 0 Å². The average Bonchev–Trinajstić information content (AvgIpc) is 2.55. The van der Waals surface area contributed by atoms with Crippen LogP contribution in [0.3, 0.4) is 0 Å². The van der Waals surface area contributed by atoms with Gasteiger partial charge in [-0.05, 0) is 12.8 Å². The van der Waals surface area contributed by atoms with Crippen LogP contribution in [-0.4, -0.2) is 62.3 Å². The molecule has 0 saturated heterocycles. The Morgan fingerprint density at radius 1 is 0.667 bits per heavy atom. The van der Waals surface area contributed by atoms with Crippen LogP contribution in [0.15, 0.2) is 0 Å². The number of hydrogen-bond donors (Lipinski definition) is 6. The van der Waals surface area contributed by atoms with Gasteiger partial charge in [-0.25, -0.2) is 0 Å². The molecular weight excluding hydrogens is 320 g/mol. The van der Waals surface area contributed by atoms with Crippen LogP contribution in [0.25, 0.3) is 0 Å². The predicted molar refractivity (Wildman–Crippen MR) is 84.1 cm³/mol. The number of carbonyl (C=O) groups excluding carboxylic acids is 5. The molecule has 0 atom stereocenters. The Kier molecular flexibility index (Phi) is 11.4. The summed E-state index contributed by atoms with van der Waals surface area (Å²) in [4.78, 5) is 55.5. The zero-order valence-electron chi connectivity index (χ0n) is 13.4. The van der Waals surface area contributed by atoms with Gasteiger partial charge >= 0.3 is 0 Å². The summed E-state index contributed by atoms with van der Waals surface area (Å²) in [5.74, 6) is -2.35. The van der Waals surface area contributed by atoms with Crippen molar-refractivity contribution in [3.8, 4) is 0 Å². The lowest BCUT2D eigenvalue weighted by Gasteiger charge is -2.08. The number of rotatable bonds is 12. The number of nitrogens with two attached hydrogens (primary N) is 2. The van der Waals surface area contributed by atoms with Crippen molar-refractivity contribution in [2.45, 2.75) is 19.3 Å². The van der Waals surface area contributed by atoms with E-state index in [1.165, 1.54) is 0 Å². The van der Waals surface area contributed by atoms with Crippen LogP contribution in [0, 0.1) is 0 Å². The maximum atomic E-state index is 11.4. The molecule has 0 radical (unpaired) electrons. The molecule has 8 N–H and O–H groups in total. The SMILES string of the molecule is NCC(=O)NCC(=O)NCC(=O)NCC(=O)NCCCCC(N)=O. The third kappa shape index (κ3) is 13.0. The minimum absolute atomic E-state index is 0.228. The minimum Gasteiger partial charge on any atom is -0.370 e. The molecule has 11 nitrogen and oxygen atoms in total. The second-order valence-electron chi connectivity index (χ2n) is 4.81. The van der Waals surface area contributed by atoms with Crippen molar-refractivity contribution >= 4 is 29.5 Å². The van der Waals surface area contributed by atoms with Crippen LogP contribution in [-0.2, 0) is 24.0 Å². The molecule has 0 rings (SSSR count). The fraction of sp³-hybridized carbons (Fsp3) is 0.615. The smallest absolute Gasteiger partial charge is 0.239 e. The van der Waals surface area contributed by atoms with Gasteiger partial charge in [0.2, 0.25) is 29.5 Å². The van der Waals surface area contributed by atoms with Gasteiger partial charge in [-0.2, -0.15) is 0 Å². The second kappa shape index (κ2) is 12.8. The van der Waals surface area contributed by atoms with E-state index in [0.717, 1.165) is 0 Å². The zero-order valence-corrected chi connectivity index (χ0v) is 13.4. The van der Waals surface area contributed by atoms with Crippen molar-refractivity contribution in [3.05, 3.63) is 0 Å². The normalized spacial score (nSPS) is 9.71. The molecule has 0 bridgehead atoms. The number of amides is 5. The molecular formula is C13H24N6O5. The topological polar surface area (TPSA) is 186 Å². The lowest BCUT2D eigenvalue weighted by molar-refractivity contribution is -0.128. The third-order valence-electron chi connectivity index (χ3n) is 2.70. The standard InChI is InChI=1S/C13H24N6O5/c14-5-10(21)17-7-12(23)19-8-13(24)18-6-11(22)16-4-2-1-3-9(15)20/h1-8,14H2,(H2,15,20)(H,16,22)(H,17,21)(H,18,24)(H,19,23). The maximum Gasteiger partial charge on any atom is 0.239 e. The van der Waals surface area contributed by atoms with E-state index in [9.17, 15) is 24.0 Å². The minimum atomic E-state index is -0.550. The Morgan fingerprint density at radius 2 is 1.12 bits per heavy atom. The Morgan fingerprint density at radius 3 is 1.58 bits per heavy atom. The number of unbranched alkanes of at least 4 members (excludes halogenated alkanes) is 1. The lowest BCUT2D eigenvalue weighted by Crippen LogP contribution is -2.45. The molecule has 0 unspecified atom stereocenters. The summed E-state index contributed by atoms with van der Waals surface area (Å²) in [7, 11) is 0. The fourth-order valence-electron chi connectivity index (χ4n) is 1.45. The van der Waals surface area contributed by atoms with Crippen molar-refractivity contribution < 1.29 is 24.0 Å². The summed E-state index contributed by atoms with van der Waals surface area (Å²) in [6.45, 7) is -0.683. The van der Waals surface area contributed by atoms with Crippen LogP contribution in [0.1, 0.15) is 19.3 Å². The highest BCUT2D eigenvalue weighted by atomic mass is 16.2. The van der Waals surface area contributed by atoms with Gasteiger partial charge in [-0.15, -0.1) is 0 Å². The first-order valence-electron chi connectivity index (χ1n) is 7.40. The summed E-state index contributed by atoms with van der Waals surface area (Å²) < 4.78 is 0. The highest BCUT2D eigenvalue weighted by molar-refractivity contribution is 5.90. The molecule has 0 heterocycles. The predicted octanol–water partition coefficient (Wildman–Crippen LogP) is -3.93. The van der Waals surface area contributed by atoms with Crippen molar-refractivity contribution in [1.82, 2.24) is 21.3 Å². The number of carbonyl (C=O) groups is 5. The molecule has 0 aromatic rings. The van der Waals surface area contributed by atoms with Gasteiger partial charge in [-0.3, -0.25) is 24.0 Å². The molecule has 0 fully saturated rings. The number of hydrogen-bond acceptors (Lipinski definition) is 6. The molecule has 5 amide bonds. The van der Waals surface area contributed by atoms with Crippen molar-refractivity contribution in [2.24, 2.45) is 11.5 Å². The van der Waals surface area contributed by atoms with E-state index < -0.39 is 23.6 Å². The first-order valence-corrected chi connectivity index (χ1v) is 7.40. The quantitative estimate of drug-likeness (QED) is 0.196. The molecule has 0 aromatic heterocycles. The number of nitrogens with one attached hydrogen (secondary N) is 4. The Balaban J connectivity index is 3.66. The summed E-state index contributed by atoms with van der Waals surface area (Å²) in [6.07, 6.45) is 1.44. The van der Waals surface area contributed by atoms with E-state index in [4.69, 9.17) is 11.5 Å². The van der Waals surface area contributed by atoms with Crippen molar-refractivity contribution in [2.75, 3.05) is 32.7 Å². The van der Waals surface area contributed by atoms with Crippen LogP contribution in [0.4, 0.5) is 0 Å². The lowest BCUT2D eigenvalue weighted by atomic mass is 10.2. The van der Waals surface area contributed by atoms with Crippen LogP contribution in [0.2, 0.25) is 0 Å². The van der Waals surface area contributed by atoms with Crippen molar-refractivity contribution in [1.29, 1.82) is 0 Å². The molecule has 11 heteroatoms. The first kappa shape index (κ1) is 21.3. The highest BCUT2D eigenvalue weighted by Gasteiger charge is 2.08. The van der Waals surface area contributed by atoms with Gasteiger partial charge in [0, 0.05) is 13.0 Å². The van der Waals surface area contributed by atoms with E-state index in [-0.39, 0.29) is 38.5 Å². The molecule has 0 spiro atoms. The molecule has 0 aliphatic heterocycles. The van der Waals surface area contributed by atoms with Crippen molar-refractivity contribution in [3.63, 3.8) is 0 Å². The summed E-state index contributed by atoms with van der Waals surface area (Å²) in [5, 5.41) is 9.41. The molecule has 0 aliphatic rings. The molecule has 0 aliphatic carbocycles. The van der Waals surface area contributed by atoms with E-state index in [0.29, 0.717) is 19.4 Å². The average molecular weight is 344 g/mol. The van der Waals surface area contributed by atoms with E-state index >= 15 is 0 Å². The van der Waals surface area contributed by atoms with Gasteiger partial charge in [-0.1, -0.05) is 0 Å². The van der Waals surface area contributed by atoms with Gasteiger partial charge < -0.3 is 32.7 Å². The zero-order chi connectivity index (χ0) is 18.4. The monoisotopic (exact) mass is 344 g/mol. The molecule has 0 aromatic carbocycles. The highest BCUT2D eigenvalue weighted by Crippen LogP contribution is 1.91. The largest absolute Gasteiger partial charge is 0.370 e. The van der Waals surface area contributed by atoms with E-state index in [2.05, 4.69) is 21.3 Å². The summed E-state index contributed by atoms with van der Waals surface area (Å²) in [5.41, 5.74) is 10.0. The van der Waals surface area contributed by atoms with Gasteiger partial charge in [0.1, 0.15) is 0 Å². The van der Waals surface area contributed by atoms with E-state index in [1.54, 1.807) is 0 Å². The first-order chi connectivity index (χ1) is 11.3. The third-order valence-corrected chi connectivity index (χ3v) is 2.70. The molecule has 136 valence electrons. The summed E-state index contributed by atoms with van der Waals surface area (Å²) in [6, 6.07) is 0. The molecule has 24 heavy (non-hydrogen) atoms. The second-order valence-corrected chi connectivity index (χ2v) is 4.81. The number of primary amides is 1. The van der Waals surface area contributed by atoms with Gasteiger partial charge in [0.25, 0.3) is 0 Å². The maximum absolute atomic E-state index is 11.4. The summed E-state index contributed by atoms with van der Waals surface area (Å²) >= 11 is 0. The Hall–Kier alpha value is -2.69. The van der Waals surface area contributed by atoms with Gasteiger partial charge in [0.15, 0.2) is 0 Å². The van der Waals surface area contributed by atoms with Gasteiger partial charge in [0.05, 0.1) is 26.2 Å². The Bertz CT molecular complexity index is 468. The van der Waals surface area contributed by atoms with Crippen LogP contribution < -0.4 is 32.7 Å². The molecule has 0 saturated carbocycles. The van der Waals surface area contributed by atoms with E-state index in [1.807, 2.05) is 0 Å².